The lowest BCUT2D eigenvalue weighted by Gasteiger charge is -2.40. The molecule has 1 saturated heterocycles. The van der Waals surface area contributed by atoms with Gasteiger partial charge in [-0.25, -0.2) is 4.79 Å². The van der Waals surface area contributed by atoms with Crippen LogP contribution in [0, 0.1) is 0 Å². The number of aliphatic hydroxyl groups excluding tert-OH is 3. The van der Waals surface area contributed by atoms with E-state index < -0.39 is 36.7 Å². The van der Waals surface area contributed by atoms with Gasteiger partial charge >= 0.3 is 5.97 Å². The van der Waals surface area contributed by atoms with Crippen molar-refractivity contribution in [3.63, 3.8) is 0 Å². The minimum absolute atomic E-state index is 0.160. The third-order valence-corrected chi connectivity index (χ3v) is 7.08. The van der Waals surface area contributed by atoms with Crippen LogP contribution in [0.5, 0.6) is 5.75 Å². The summed E-state index contributed by atoms with van der Waals surface area (Å²) in [5.74, 6) is -0.799. The molecule has 0 spiro atoms. The van der Waals surface area contributed by atoms with Crippen molar-refractivity contribution in [1.82, 2.24) is 0 Å². The highest BCUT2D eigenvalue weighted by molar-refractivity contribution is 5.98. The number of carbonyl (C=O) groups is 1. The topological polar surface area (TPSA) is 126 Å². The van der Waals surface area contributed by atoms with Crippen LogP contribution >= 0.6 is 0 Å². The lowest BCUT2D eigenvalue weighted by atomic mass is 9.88. The minimum Gasteiger partial charge on any atom is -0.488 e. The summed E-state index contributed by atoms with van der Waals surface area (Å²) in [4.78, 5) is 17.1. The number of hydroxylamine groups is 3. The lowest BCUT2D eigenvalue weighted by Crippen LogP contribution is -2.62. The molecule has 218 valence electrons. The molecule has 1 aliphatic rings. The van der Waals surface area contributed by atoms with Gasteiger partial charge in [0.2, 0.25) is 6.29 Å². The third-order valence-electron chi connectivity index (χ3n) is 7.08. The van der Waals surface area contributed by atoms with E-state index in [1.807, 2.05) is 60.7 Å². The van der Waals surface area contributed by atoms with Crippen LogP contribution in [0.15, 0.2) is 84.9 Å². The van der Waals surface area contributed by atoms with Gasteiger partial charge in [0.25, 0.3) is 0 Å². The number of aliphatic carboxylic acids is 1. The van der Waals surface area contributed by atoms with Gasteiger partial charge in [-0.1, -0.05) is 79.7 Å². The zero-order chi connectivity index (χ0) is 29.6. The number of allylic oxidation sites excluding steroid dienone is 1. The van der Waals surface area contributed by atoms with E-state index in [0.29, 0.717) is 12.3 Å². The fourth-order valence-electron chi connectivity index (χ4n) is 4.86. The zero-order valence-electron chi connectivity index (χ0n) is 23.5. The van der Waals surface area contributed by atoms with Crippen molar-refractivity contribution in [2.45, 2.75) is 44.1 Å². The number of carboxylic acids is 1. The van der Waals surface area contributed by atoms with Crippen molar-refractivity contribution in [2.75, 3.05) is 27.2 Å². The first-order valence-electron chi connectivity index (χ1n) is 13.6. The second-order valence-corrected chi connectivity index (χ2v) is 10.5. The molecule has 0 amide bonds. The number of likely N-dealkylation sites (N-methyl/N-ethyl adjacent to an activating group) is 1. The molecule has 41 heavy (non-hydrogen) atoms. The van der Waals surface area contributed by atoms with E-state index in [4.69, 9.17) is 14.3 Å². The summed E-state index contributed by atoms with van der Waals surface area (Å²) in [6.07, 6.45) is -7.44. The Hall–Kier alpha value is -3.57. The molecule has 0 aliphatic carbocycles. The molecule has 9 heteroatoms. The van der Waals surface area contributed by atoms with Crippen LogP contribution < -0.4 is 4.74 Å². The maximum atomic E-state index is 11.4. The summed E-state index contributed by atoms with van der Waals surface area (Å²) in [6, 6.07) is 28.6. The summed E-state index contributed by atoms with van der Waals surface area (Å²) in [5.41, 5.74) is 5.79. The molecule has 5 atom stereocenters. The van der Waals surface area contributed by atoms with Crippen LogP contribution in [-0.4, -0.2) is 89.0 Å². The molecule has 0 saturated carbocycles. The molecule has 0 aromatic heterocycles. The fourth-order valence-corrected chi connectivity index (χ4v) is 4.86. The first kappa shape index (κ1) is 30.4. The van der Waals surface area contributed by atoms with E-state index in [1.54, 1.807) is 14.1 Å². The predicted molar refractivity (Wildman–Crippen MR) is 153 cm³/mol. The van der Waals surface area contributed by atoms with E-state index in [-0.39, 0.29) is 11.3 Å². The maximum absolute atomic E-state index is 11.4. The Morgan fingerprint density at radius 1 is 0.805 bits per heavy atom. The largest absolute Gasteiger partial charge is 0.488 e. The second-order valence-electron chi connectivity index (χ2n) is 10.5. The molecule has 1 aliphatic heterocycles. The molecular formula is C32H38NO8+. The monoisotopic (exact) mass is 564 g/mol. The van der Waals surface area contributed by atoms with Gasteiger partial charge in [0, 0.05) is 0 Å². The van der Waals surface area contributed by atoms with E-state index in [1.165, 1.54) is 11.1 Å². The highest BCUT2D eigenvalue weighted by Gasteiger charge is 2.49. The molecule has 4 N–H and O–H groups in total. The average Bonchev–Trinajstić information content (AvgIpc) is 2.97. The first-order chi connectivity index (χ1) is 19.6. The summed E-state index contributed by atoms with van der Waals surface area (Å²) in [6.45, 7) is 2.72. The number of aliphatic hydroxyl groups is 3. The Bertz CT molecular complexity index is 1310. The van der Waals surface area contributed by atoms with E-state index in [0.717, 1.165) is 23.1 Å². The highest BCUT2D eigenvalue weighted by Crippen LogP contribution is 2.35. The fraction of sp³-hybridized carbons (Fsp3) is 0.344. The summed E-state index contributed by atoms with van der Waals surface area (Å²) >= 11 is 0. The Kier molecular flexibility index (Phi) is 9.93. The molecule has 4 rings (SSSR count). The second kappa shape index (κ2) is 13.4. The van der Waals surface area contributed by atoms with Gasteiger partial charge in [0.1, 0.15) is 37.2 Å². The third kappa shape index (κ3) is 7.39. The van der Waals surface area contributed by atoms with Crippen molar-refractivity contribution < 1.29 is 44.2 Å². The van der Waals surface area contributed by atoms with E-state index in [2.05, 4.69) is 31.2 Å². The maximum Gasteiger partial charge on any atom is 0.335 e. The van der Waals surface area contributed by atoms with Crippen molar-refractivity contribution in [3.8, 4) is 5.75 Å². The van der Waals surface area contributed by atoms with Gasteiger partial charge in [-0.05, 0) is 46.4 Å². The Morgan fingerprint density at radius 3 is 1.93 bits per heavy atom. The number of hydrogen-bond acceptors (Lipinski definition) is 7. The highest BCUT2D eigenvalue weighted by atomic mass is 16.8. The van der Waals surface area contributed by atoms with Crippen LogP contribution in [0.1, 0.15) is 30.0 Å². The molecule has 3 aromatic rings. The van der Waals surface area contributed by atoms with Crippen molar-refractivity contribution in [3.05, 3.63) is 102 Å². The van der Waals surface area contributed by atoms with Gasteiger partial charge in [-0.3, -0.25) is 0 Å². The van der Waals surface area contributed by atoms with E-state index >= 15 is 0 Å². The van der Waals surface area contributed by atoms with Crippen LogP contribution in [0.25, 0.3) is 11.1 Å². The number of nitrogens with zero attached hydrogens (tertiary/aromatic N) is 1. The van der Waals surface area contributed by atoms with Crippen LogP contribution in [0.3, 0.4) is 0 Å². The van der Waals surface area contributed by atoms with Crippen molar-refractivity contribution in [2.24, 2.45) is 0 Å². The Labute approximate surface area is 240 Å². The molecule has 9 nitrogen and oxygen atoms in total. The van der Waals surface area contributed by atoms with Crippen molar-refractivity contribution >= 4 is 17.1 Å². The van der Waals surface area contributed by atoms with E-state index in [9.17, 15) is 25.2 Å². The van der Waals surface area contributed by atoms with Gasteiger partial charge in [0.15, 0.2) is 6.10 Å². The van der Waals surface area contributed by atoms with Crippen LogP contribution in [0.4, 0.5) is 0 Å². The standard InChI is InChI=1S/C32H37NO8/c1-4-25(21-11-7-5-8-12-21)26(22-13-9-6-10-14-22)23-15-17-24(18-16-23)39-20-19-33(2,3)41-32-29(36)27(34)28(35)30(40-32)31(37)38/h5-18,27-30,32,34-36H,4,19-20H2,1-3H3/p+1/t27-,28-,29+,30-,32?/m0/s1. The molecule has 1 fully saturated rings. The summed E-state index contributed by atoms with van der Waals surface area (Å²) < 4.78 is 11.0. The number of quaternary nitrogens is 1. The minimum atomic E-state index is -1.78. The number of carboxylic acid groups (broad SMARTS) is 1. The Balaban J connectivity index is 1.44. The van der Waals surface area contributed by atoms with Crippen LogP contribution in [-0.2, 0) is 14.4 Å². The normalized spacial score (nSPS) is 23.5. The lowest BCUT2D eigenvalue weighted by molar-refractivity contribution is -1.09. The number of hydrogen-bond donors (Lipinski definition) is 4. The molecule has 3 aromatic carbocycles. The number of benzene rings is 3. The first-order valence-corrected chi connectivity index (χ1v) is 13.6. The van der Waals surface area contributed by atoms with Gasteiger partial charge in [0.05, 0.1) is 14.1 Å². The molecule has 0 bridgehead atoms. The average molecular weight is 565 g/mol. The number of ether oxygens (including phenoxy) is 2. The number of rotatable bonds is 11. The quantitative estimate of drug-likeness (QED) is 0.159. The molecule has 1 unspecified atom stereocenters. The predicted octanol–water partition coefficient (Wildman–Crippen LogP) is 3.33. The molecule has 0 radical (unpaired) electrons. The van der Waals surface area contributed by atoms with Gasteiger partial charge < -0.3 is 29.9 Å². The SMILES string of the molecule is CCC(=C(c1ccccc1)c1ccc(OCC[N+](C)(C)OC2O[C@H](C(=O)O)[C@@H](O)[C@H](O)[C@H]2O)cc1)c1ccccc1. The smallest absolute Gasteiger partial charge is 0.335 e. The van der Waals surface area contributed by atoms with Crippen molar-refractivity contribution in [1.29, 1.82) is 0 Å². The van der Waals surface area contributed by atoms with Crippen LogP contribution in [0.2, 0.25) is 0 Å². The molecule has 1 heterocycles. The molecular weight excluding hydrogens is 526 g/mol. The Morgan fingerprint density at radius 2 is 1.37 bits per heavy atom. The van der Waals surface area contributed by atoms with Gasteiger partial charge in [-0.2, -0.15) is 9.48 Å². The summed E-state index contributed by atoms with van der Waals surface area (Å²) in [7, 11) is 3.37. The zero-order valence-corrected chi connectivity index (χ0v) is 23.5. The van der Waals surface area contributed by atoms with Gasteiger partial charge in [-0.15, -0.1) is 0 Å². The summed E-state index contributed by atoms with van der Waals surface area (Å²) in [5, 5.41) is 39.4.